The molecule has 0 radical (unpaired) electrons. The highest BCUT2D eigenvalue weighted by atomic mass is 32.2. The predicted octanol–water partition coefficient (Wildman–Crippen LogP) is 6.18. The monoisotopic (exact) mass is 553 g/mol. The standard InChI is InChI=1S/C27H22F3N5O3S/c1-37-16-11-12-23(38-2)22(13-16)35-25(18-14-31-20-9-5-3-7-17(18)20)33-34-26(35)39-15-24(36)32-21-10-6-4-8-19(21)27(28,29)30/h3-14,31H,15H2,1-2H3,(H,32,36). The zero-order valence-electron chi connectivity index (χ0n) is 20.7. The van der Waals surface area contributed by atoms with Gasteiger partial charge < -0.3 is 19.8 Å². The highest BCUT2D eigenvalue weighted by Crippen LogP contribution is 2.38. The summed E-state index contributed by atoms with van der Waals surface area (Å²) in [6.07, 6.45) is -2.79. The Balaban J connectivity index is 1.52. The van der Waals surface area contributed by atoms with Crippen molar-refractivity contribution >= 4 is 34.3 Å². The molecule has 0 fully saturated rings. The number of halogens is 3. The summed E-state index contributed by atoms with van der Waals surface area (Å²) in [6, 6.07) is 17.8. The number of thioether (sulfide) groups is 1. The van der Waals surface area contributed by atoms with Gasteiger partial charge in [0, 0.05) is 28.7 Å². The number of aromatic nitrogens is 4. The van der Waals surface area contributed by atoms with Crippen LogP contribution in [-0.2, 0) is 11.0 Å². The van der Waals surface area contributed by atoms with Crippen molar-refractivity contribution in [2.75, 3.05) is 25.3 Å². The third-order valence-electron chi connectivity index (χ3n) is 5.93. The SMILES string of the molecule is COc1ccc(OC)c(-n2c(SCC(=O)Nc3ccccc3C(F)(F)F)nnc2-c2c[nH]c3ccccc23)c1. The van der Waals surface area contributed by atoms with E-state index in [1.807, 2.05) is 30.5 Å². The van der Waals surface area contributed by atoms with Crippen LogP contribution in [0.1, 0.15) is 5.56 Å². The zero-order valence-corrected chi connectivity index (χ0v) is 21.6. The third-order valence-corrected chi connectivity index (χ3v) is 6.86. The number of para-hydroxylation sites is 2. The summed E-state index contributed by atoms with van der Waals surface area (Å²) in [6.45, 7) is 0. The largest absolute Gasteiger partial charge is 0.497 e. The molecule has 39 heavy (non-hydrogen) atoms. The van der Waals surface area contributed by atoms with Crippen molar-refractivity contribution in [2.45, 2.75) is 11.3 Å². The number of carbonyl (C=O) groups excluding carboxylic acids is 1. The maximum atomic E-state index is 13.4. The fourth-order valence-electron chi connectivity index (χ4n) is 4.14. The second-order valence-electron chi connectivity index (χ2n) is 8.31. The van der Waals surface area contributed by atoms with Crippen LogP contribution in [0.4, 0.5) is 18.9 Å². The van der Waals surface area contributed by atoms with Crippen LogP contribution in [0, 0.1) is 0 Å². The van der Waals surface area contributed by atoms with E-state index in [1.54, 1.807) is 22.8 Å². The quantitative estimate of drug-likeness (QED) is 0.223. The molecule has 0 atom stereocenters. The van der Waals surface area contributed by atoms with E-state index in [0.29, 0.717) is 28.2 Å². The summed E-state index contributed by atoms with van der Waals surface area (Å²) in [7, 11) is 3.07. The van der Waals surface area contributed by atoms with E-state index in [0.717, 1.165) is 34.3 Å². The number of rotatable bonds is 8. The minimum Gasteiger partial charge on any atom is -0.497 e. The molecule has 0 aliphatic heterocycles. The second-order valence-corrected chi connectivity index (χ2v) is 9.25. The molecule has 3 aromatic carbocycles. The van der Waals surface area contributed by atoms with Crippen LogP contribution in [0.15, 0.2) is 78.1 Å². The lowest BCUT2D eigenvalue weighted by molar-refractivity contribution is -0.137. The van der Waals surface area contributed by atoms with Gasteiger partial charge in [-0.1, -0.05) is 42.1 Å². The van der Waals surface area contributed by atoms with Gasteiger partial charge in [-0.05, 0) is 30.3 Å². The van der Waals surface area contributed by atoms with Gasteiger partial charge in [-0.3, -0.25) is 9.36 Å². The molecule has 8 nitrogen and oxygen atoms in total. The van der Waals surface area contributed by atoms with Crippen molar-refractivity contribution in [3.8, 4) is 28.6 Å². The number of anilines is 1. The molecule has 0 unspecified atom stereocenters. The number of amides is 1. The molecule has 200 valence electrons. The number of aromatic amines is 1. The maximum Gasteiger partial charge on any atom is 0.418 e. The number of alkyl halides is 3. The molecule has 0 saturated carbocycles. The Labute approximate surface area is 225 Å². The van der Waals surface area contributed by atoms with Crippen molar-refractivity contribution in [1.82, 2.24) is 19.7 Å². The first kappa shape index (κ1) is 26.2. The Morgan fingerprint density at radius 1 is 1.03 bits per heavy atom. The van der Waals surface area contributed by atoms with Gasteiger partial charge in [-0.25, -0.2) is 0 Å². The van der Waals surface area contributed by atoms with Gasteiger partial charge in [-0.15, -0.1) is 10.2 Å². The number of ether oxygens (including phenoxy) is 2. The molecule has 0 spiro atoms. The Morgan fingerprint density at radius 2 is 1.79 bits per heavy atom. The number of nitrogens with one attached hydrogen (secondary N) is 2. The van der Waals surface area contributed by atoms with Crippen LogP contribution in [0.2, 0.25) is 0 Å². The Morgan fingerprint density at radius 3 is 2.56 bits per heavy atom. The fourth-order valence-corrected chi connectivity index (χ4v) is 4.88. The van der Waals surface area contributed by atoms with Gasteiger partial charge >= 0.3 is 6.18 Å². The Kier molecular flexibility index (Phi) is 7.20. The van der Waals surface area contributed by atoms with Gasteiger partial charge in [0.1, 0.15) is 11.5 Å². The lowest BCUT2D eigenvalue weighted by Gasteiger charge is -2.15. The van der Waals surface area contributed by atoms with Gasteiger partial charge in [0.25, 0.3) is 0 Å². The number of H-pyrrole nitrogens is 1. The topological polar surface area (TPSA) is 94.1 Å². The molecule has 5 rings (SSSR count). The van der Waals surface area contributed by atoms with Gasteiger partial charge in [0.2, 0.25) is 5.91 Å². The fraction of sp³-hybridized carbons (Fsp3) is 0.148. The average Bonchev–Trinajstić information content (AvgIpc) is 3.55. The number of carbonyl (C=O) groups is 1. The highest BCUT2D eigenvalue weighted by molar-refractivity contribution is 7.99. The molecule has 0 bridgehead atoms. The molecule has 12 heteroatoms. The lowest BCUT2D eigenvalue weighted by Crippen LogP contribution is -2.18. The molecule has 0 aliphatic carbocycles. The van der Waals surface area contributed by atoms with Crippen LogP contribution < -0.4 is 14.8 Å². The van der Waals surface area contributed by atoms with Gasteiger partial charge in [0.05, 0.1) is 36.9 Å². The van der Waals surface area contributed by atoms with Crippen LogP contribution >= 0.6 is 11.8 Å². The van der Waals surface area contributed by atoms with Crippen molar-refractivity contribution < 1.29 is 27.4 Å². The molecule has 0 aliphatic rings. The normalized spacial score (nSPS) is 11.5. The second kappa shape index (κ2) is 10.7. The average molecular weight is 554 g/mol. The van der Waals surface area contributed by atoms with E-state index < -0.39 is 17.6 Å². The first-order valence-corrected chi connectivity index (χ1v) is 12.6. The molecule has 2 heterocycles. The molecule has 1 amide bonds. The van der Waals surface area contributed by atoms with Gasteiger partial charge in [0.15, 0.2) is 11.0 Å². The van der Waals surface area contributed by atoms with E-state index in [-0.39, 0.29) is 11.4 Å². The van der Waals surface area contributed by atoms with Crippen LogP contribution in [-0.4, -0.2) is 45.6 Å². The number of fused-ring (bicyclic) bond motifs is 1. The molecular formula is C27H22F3N5O3S. The number of hydrogen-bond donors (Lipinski definition) is 2. The summed E-state index contributed by atoms with van der Waals surface area (Å²) >= 11 is 1.03. The lowest BCUT2D eigenvalue weighted by atomic mass is 10.1. The highest BCUT2D eigenvalue weighted by Gasteiger charge is 2.33. The van der Waals surface area contributed by atoms with E-state index in [4.69, 9.17) is 9.47 Å². The van der Waals surface area contributed by atoms with Crippen molar-refractivity contribution in [2.24, 2.45) is 0 Å². The summed E-state index contributed by atoms with van der Waals surface area (Å²) in [5.41, 5.74) is 0.989. The number of nitrogens with zero attached hydrogens (tertiary/aromatic N) is 3. The number of hydrogen-bond acceptors (Lipinski definition) is 6. The first-order chi connectivity index (χ1) is 18.8. The maximum absolute atomic E-state index is 13.4. The van der Waals surface area contributed by atoms with Crippen LogP contribution in [0.3, 0.4) is 0 Å². The predicted molar refractivity (Wildman–Crippen MR) is 143 cm³/mol. The first-order valence-electron chi connectivity index (χ1n) is 11.6. The molecular weight excluding hydrogens is 531 g/mol. The third kappa shape index (κ3) is 5.28. The Bertz CT molecular complexity index is 1650. The smallest absolute Gasteiger partial charge is 0.418 e. The van der Waals surface area contributed by atoms with Crippen LogP contribution in [0.5, 0.6) is 11.5 Å². The van der Waals surface area contributed by atoms with Gasteiger partial charge in [-0.2, -0.15) is 13.2 Å². The number of benzene rings is 3. The van der Waals surface area contributed by atoms with E-state index >= 15 is 0 Å². The molecule has 2 aromatic heterocycles. The van der Waals surface area contributed by atoms with Crippen molar-refractivity contribution in [3.63, 3.8) is 0 Å². The van der Waals surface area contributed by atoms with Crippen molar-refractivity contribution in [1.29, 1.82) is 0 Å². The van der Waals surface area contributed by atoms with E-state index in [1.165, 1.54) is 32.4 Å². The van der Waals surface area contributed by atoms with E-state index in [9.17, 15) is 18.0 Å². The Hall–Kier alpha value is -4.45. The zero-order chi connectivity index (χ0) is 27.6. The summed E-state index contributed by atoms with van der Waals surface area (Å²) in [5.74, 6) is 0.690. The molecule has 0 saturated heterocycles. The van der Waals surface area contributed by atoms with Crippen LogP contribution in [0.25, 0.3) is 28.0 Å². The summed E-state index contributed by atoms with van der Waals surface area (Å²) < 4.78 is 52.9. The van der Waals surface area contributed by atoms with Crippen molar-refractivity contribution in [3.05, 3.63) is 78.5 Å². The van der Waals surface area contributed by atoms with E-state index in [2.05, 4.69) is 20.5 Å². The minimum absolute atomic E-state index is 0.218. The number of methoxy groups -OCH3 is 2. The molecule has 2 N–H and O–H groups in total. The molecule has 5 aromatic rings. The summed E-state index contributed by atoms with van der Waals surface area (Å²) in [5, 5.41) is 12.3. The summed E-state index contributed by atoms with van der Waals surface area (Å²) in [4.78, 5) is 16.0. The minimum atomic E-state index is -4.60.